The minimum Gasteiger partial charge on any atom is -0.256 e. The third kappa shape index (κ3) is 1.51. The highest BCUT2D eigenvalue weighted by Gasteiger charge is 2.05. The van der Waals surface area contributed by atoms with Crippen molar-refractivity contribution in [1.82, 2.24) is 4.98 Å². The molecule has 0 aliphatic heterocycles. The van der Waals surface area contributed by atoms with E-state index in [0.717, 1.165) is 5.52 Å². The molecule has 2 heterocycles. The number of hydrogen-bond donors (Lipinski definition) is 0. The molecular weight excluding hydrogens is 214 g/mol. The maximum atomic E-state index is 4.47. The Morgan fingerprint density at radius 1 is 1.00 bits per heavy atom. The first-order chi connectivity index (χ1) is 7.84. The smallest absolute Gasteiger partial charge is 0.0788 e. The fourth-order valence-electron chi connectivity index (χ4n) is 1.88. The van der Waals surface area contributed by atoms with Crippen LogP contribution < -0.4 is 0 Å². The average molecular weight is 225 g/mol. The Hall–Kier alpha value is -1.67. The van der Waals surface area contributed by atoms with Gasteiger partial charge in [0, 0.05) is 26.9 Å². The number of hydrogen-bond acceptors (Lipinski definition) is 2. The van der Waals surface area contributed by atoms with Crippen molar-refractivity contribution in [1.29, 1.82) is 0 Å². The molecule has 0 radical (unpaired) electrons. The molecule has 78 valence electrons. The van der Waals surface area contributed by atoms with Gasteiger partial charge < -0.3 is 0 Å². The van der Waals surface area contributed by atoms with Gasteiger partial charge in [0.25, 0.3) is 0 Å². The summed E-state index contributed by atoms with van der Waals surface area (Å²) >= 11 is 1.82. The van der Waals surface area contributed by atoms with Crippen LogP contribution in [0.1, 0.15) is 4.88 Å². The number of aromatic nitrogens is 1. The van der Waals surface area contributed by atoms with Crippen LogP contribution in [0.4, 0.5) is 0 Å². The molecule has 0 fully saturated rings. The van der Waals surface area contributed by atoms with Crippen molar-refractivity contribution in [2.45, 2.75) is 6.92 Å². The Morgan fingerprint density at radius 2 is 1.88 bits per heavy atom. The molecule has 3 aromatic rings. The summed E-state index contributed by atoms with van der Waals surface area (Å²) in [6.45, 7) is 2.13. The van der Waals surface area contributed by atoms with Gasteiger partial charge in [-0.05, 0) is 25.1 Å². The first kappa shape index (κ1) is 9.55. The van der Waals surface area contributed by atoms with Gasteiger partial charge in [-0.3, -0.25) is 4.98 Å². The van der Waals surface area contributed by atoms with Gasteiger partial charge in [-0.2, -0.15) is 0 Å². The van der Waals surface area contributed by atoms with Crippen LogP contribution in [0.15, 0.2) is 48.7 Å². The van der Waals surface area contributed by atoms with E-state index in [0.29, 0.717) is 0 Å². The largest absolute Gasteiger partial charge is 0.256 e. The SMILES string of the molecule is Cc1ccc(-c2cccc3cccnc23)s1. The van der Waals surface area contributed by atoms with Gasteiger partial charge in [-0.25, -0.2) is 0 Å². The highest BCUT2D eigenvalue weighted by molar-refractivity contribution is 7.15. The zero-order valence-electron chi connectivity index (χ0n) is 8.97. The molecule has 3 rings (SSSR count). The zero-order valence-corrected chi connectivity index (χ0v) is 9.79. The van der Waals surface area contributed by atoms with Crippen LogP contribution in [0.2, 0.25) is 0 Å². The van der Waals surface area contributed by atoms with Gasteiger partial charge in [-0.15, -0.1) is 11.3 Å². The summed E-state index contributed by atoms with van der Waals surface area (Å²) in [6, 6.07) is 14.7. The van der Waals surface area contributed by atoms with E-state index in [2.05, 4.69) is 48.3 Å². The third-order valence-electron chi connectivity index (χ3n) is 2.64. The molecule has 0 atom stereocenters. The van der Waals surface area contributed by atoms with Crippen LogP contribution in [0.25, 0.3) is 21.3 Å². The number of nitrogens with zero attached hydrogens (tertiary/aromatic N) is 1. The number of aryl methyl sites for hydroxylation is 1. The van der Waals surface area contributed by atoms with Crippen LogP contribution in [0.5, 0.6) is 0 Å². The van der Waals surface area contributed by atoms with Gasteiger partial charge >= 0.3 is 0 Å². The monoisotopic (exact) mass is 225 g/mol. The first-order valence-corrected chi connectivity index (χ1v) is 6.07. The molecule has 0 aliphatic rings. The third-order valence-corrected chi connectivity index (χ3v) is 3.67. The van der Waals surface area contributed by atoms with E-state index in [9.17, 15) is 0 Å². The molecule has 1 aromatic carbocycles. The molecule has 2 heteroatoms. The van der Waals surface area contributed by atoms with E-state index >= 15 is 0 Å². The van der Waals surface area contributed by atoms with Crippen LogP contribution >= 0.6 is 11.3 Å². The molecular formula is C14H11NS. The molecule has 1 nitrogen and oxygen atoms in total. The zero-order chi connectivity index (χ0) is 11.0. The predicted octanol–water partition coefficient (Wildman–Crippen LogP) is 4.27. The maximum absolute atomic E-state index is 4.47. The number of fused-ring (bicyclic) bond motifs is 1. The van der Waals surface area contributed by atoms with E-state index in [1.807, 2.05) is 23.6 Å². The second kappa shape index (κ2) is 3.72. The molecule has 0 saturated carbocycles. The summed E-state index contributed by atoms with van der Waals surface area (Å²) in [5.41, 5.74) is 2.32. The second-order valence-electron chi connectivity index (χ2n) is 3.79. The lowest BCUT2D eigenvalue weighted by Crippen LogP contribution is -1.81. The summed E-state index contributed by atoms with van der Waals surface area (Å²) in [5.74, 6) is 0. The lowest BCUT2D eigenvalue weighted by Gasteiger charge is -2.02. The second-order valence-corrected chi connectivity index (χ2v) is 5.08. The van der Waals surface area contributed by atoms with Crippen molar-refractivity contribution in [3.8, 4) is 10.4 Å². The Balaban J connectivity index is 2.31. The van der Waals surface area contributed by atoms with Gasteiger partial charge in [0.2, 0.25) is 0 Å². The van der Waals surface area contributed by atoms with Crippen LogP contribution in [-0.4, -0.2) is 4.98 Å². The molecule has 16 heavy (non-hydrogen) atoms. The molecule has 0 amide bonds. The quantitative estimate of drug-likeness (QED) is 0.602. The van der Waals surface area contributed by atoms with Gasteiger partial charge in [-0.1, -0.05) is 24.3 Å². The standard InChI is InChI=1S/C14H11NS/c1-10-7-8-13(16-10)12-6-2-4-11-5-3-9-15-14(11)12/h2-9H,1H3. The van der Waals surface area contributed by atoms with E-state index < -0.39 is 0 Å². The molecule has 0 saturated heterocycles. The minimum atomic E-state index is 1.09. The number of para-hydroxylation sites is 1. The summed E-state index contributed by atoms with van der Waals surface area (Å²) in [6.07, 6.45) is 1.85. The fraction of sp³-hybridized carbons (Fsp3) is 0.0714. The van der Waals surface area contributed by atoms with E-state index in [1.54, 1.807) is 0 Å². The highest BCUT2D eigenvalue weighted by atomic mass is 32.1. The van der Waals surface area contributed by atoms with Gasteiger partial charge in [0.15, 0.2) is 0 Å². The minimum absolute atomic E-state index is 1.09. The summed E-state index contributed by atoms with van der Waals surface area (Å²) in [4.78, 5) is 7.10. The predicted molar refractivity (Wildman–Crippen MR) is 69.8 cm³/mol. The number of benzene rings is 1. The lowest BCUT2D eigenvalue weighted by molar-refractivity contribution is 1.41. The summed E-state index contributed by atoms with van der Waals surface area (Å²) < 4.78 is 0. The van der Waals surface area contributed by atoms with E-state index in [4.69, 9.17) is 0 Å². The van der Waals surface area contributed by atoms with Crippen molar-refractivity contribution < 1.29 is 0 Å². The maximum Gasteiger partial charge on any atom is 0.0788 e. The average Bonchev–Trinajstić information content (AvgIpc) is 2.75. The first-order valence-electron chi connectivity index (χ1n) is 5.25. The van der Waals surface area contributed by atoms with Crippen molar-refractivity contribution in [2.24, 2.45) is 0 Å². The van der Waals surface area contributed by atoms with Crippen LogP contribution in [-0.2, 0) is 0 Å². The normalized spacial score (nSPS) is 10.8. The Labute approximate surface area is 98.4 Å². The molecule has 2 aromatic heterocycles. The fourth-order valence-corrected chi connectivity index (χ4v) is 2.78. The molecule has 0 aliphatic carbocycles. The summed E-state index contributed by atoms with van der Waals surface area (Å²) in [5, 5.41) is 1.20. The Bertz CT molecular complexity index is 635. The molecule has 0 bridgehead atoms. The number of rotatable bonds is 1. The van der Waals surface area contributed by atoms with Crippen molar-refractivity contribution in [3.05, 3.63) is 53.5 Å². The van der Waals surface area contributed by atoms with Crippen molar-refractivity contribution in [2.75, 3.05) is 0 Å². The summed E-state index contributed by atoms with van der Waals surface area (Å²) in [7, 11) is 0. The van der Waals surface area contributed by atoms with Crippen LogP contribution in [0.3, 0.4) is 0 Å². The topological polar surface area (TPSA) is 12.9 Å². The number of thiophene rings is 1. The molecule has 0 spiro atoms. The van der Waals surface area contributed by atoms with Crippen LogP contribution in [0, 0.1) is 6.92 Å². The number of pyridine rings is 1. The van der Waals surface area contributed by atoms with Gasteiger partial charge in [0.1, 0.15) is 0 Å². The lowest BCUT2D eigenvalue weighted by atomic mass is 10.1. The van der Waals surface area contributed by atoms with E-state index in [-0.39, 0.29) is 0 Å². The Morgan fingerprint density at radius 3 is 2.69 bits per heavy atom. The van der Waals surface area contributed by atoms with Crippen molar-refractivity contribution in [3.63, 3.8) is 0 Å². The Kier molecular flexibility index (Phi) is 2.22. The van der Waals surface area contributed by atoms with E-state index in [1.165, 1.54) is 20.7 Å². The van der Waals surface area contributed by atoms with Gasteiger partial charge in [0.05, 0.1) is 5.52 Å². The molecule has 0 unspecified atom stereocenters. The molecule has 0 N–H and O–H groups in total. The highest BCUT2D eigenvalue weighted by Crippen LogP contribution is 2.32. The van der Waals surface area contributed by atoms with Crippen molar-refractivity contribution >= 4 is 22.2 Å².